The number of para-hydroxylation sites is 1. The van der Waals surface area contributed by atoms with Gasteiger partial charge in [0.25, 0.3) is 0 Å². The number of sulfonamides is 1. The maximum absolute atomic E-state index is 12.8. The van der Waals surface area contributed by atoms with Gasteiger partial charge in [-0.2, -0.15) is 0 Å². The third-order valence-corrected chi connectivity index (χ3v) is 5.89. The minimum absolute atomic E-state index is 0.315. The fourth-order valence-corrected chi connectivity index (χ4v) is 4.22. The number of hydrogen-bond acceptors (Lipinski definition) is 4. The third kappa shape index (κ3) is 2.14. The molecule has 112 valence electrons. The molecule has 1 aliphatic carbocycles. The summed E-state index contributed by atoms with van der Waals surface area (Å²) in [5.74, 6) is 0.373. The van der Waals surface area contributed by atoms with E-state index in [1.165, 1.54) is 4.31 Å². The van der Waals surface area contributed by atoms with E-state index in [2.05, 4.69) is 15.0 Å². The molecule has 1 aromatic carbocycles. The quantitative estimate of drug-likeness (QED) is 0.803. The lowest BCUT2D eigenvalue weighted by Crippen LogP contribution is -2.30. The van der Waals surface area contributed by atoms with Crippen LogP contribution in [0.5, 0.6) is 0 Å². The number of H-pyrrole nitrogens is 1. The fourth-order valence-electron chi connectivity index (χ4n) is 2.41. The van der Waals surface area contributed by atoms with E-state index in [-0.39, 0.29) is 5.25 Å². The van der Waals surface area contributed by atoms with Crippen LogP contribution in [0.3, 0.4) is 0 Å². The smallest absolute Gasteiger partial charge is 0.243 e. The summed E-state index contributed by atoms with van der Waals surface area (Å²) in [7, 11) is -3.45. The summed E-state index contributed by atoms with van der Waals surface area (Å²) in [6.07, 6.45) is 2.95. The molecule has 1 fully saturated rings. The van der Waals surface area contributed by atoms with Crippen LogP contribution in [0.1, 0.15) is 12.8 Å². The molecule has 0 amide bonds. The van der Waals surface area contributed by atoms with Crippen LogP contribution >= 0.6 is 0 Å². The second kappa shape index (κ2) is 4.81. The molecule has 0 bridgehead atoms. The van der Waals surface area contributed by atoms with Crippen LogP contribution in [0.2, 0.25) is 0 Å². The van der Waals surface area contributed by atoms with Gasteiger partial charge in [-0.3, -0.25) is 0 Å². The minimum Gasteiger partial charge on any atom is -0.343 e. The molecule has 22 heavy (non-hydrogen) atoms. The van der Waals surface area contributed by atoms with Crippen LogP contribution in [0.25, 0.3) is 11.2 Å². The Bertz CT molecular complexity index is 917. The average Bonchev–Trinajstić information content (AvgIpc) is 3.28. The lowest BCUT2D eigenvalue weighted by atomic mass is 10.3. The summed E-state index contributed by atoms with van der Waals surface area (Å²) in [6, 6.07) is 12.5. The number of aromatic amines is 1. The summed E-state index contributed by atoms with van der Waals surface area (Å²) in [6.45, 7) is 0. The highest BCUT2D eigenvalue weighted by atomic mass is 32.2. The van der Waals surface area contributed by atoms with Crippen molar-refractivity contribution in [2.75, 3.05) is 4.31 Å². The number of rotatable bonds is 4. The van der Waals surface area contributed by atoms with E-state index in [1.807, 2.05) is 18.2 Å². The lowest BCUT2D eigenvalue weighted by molar-refractivity contribution is 0.594. The predicted octanol–water partition coefficient (Wildman–Crippen LogP) is 2.59. The molecule has 1 aliphatic rings. The Hall–Kier alpha value is -2.41. The Balaban J connectivity index is 1.89. The molecule has 6 nitrogen and oxygen atoms in total. The van der Waals surface area contributed by atoms with Crippen molar-refractivity contribution in [3.8, 4) is 0 Å². The van der Waals surface area contributed by atoms with Crippen molar-refractivity contribution in [3.63, 3.8) is 0 Å². The average molecular weight is 314 g/mol. The van der Waals surface area contributed by atoms with Crippen LogP contribution in [0.15, 0.2) is 48.8 Å². The third-order valence-electron chi connectivity index (χ3n) is 3.67. The molecule has 1 N–H and O–H groups in total. The molecular formula is C15H14N4O2S. The van der Waals surface area contributed by atoms with Crippen LogP contribution in [0, 0.1) is 0 Å². The van der Waals surface area contributed by atoms with Crippen LogP contribution < -0.4 is 4.31 Å². The Morgan fingerprint density at radius 2 is 1.86 bits per heavy atom. The Morgan fingerprint density at radius 3 is 2.59 bits per heavy atom. The van der Waals surface area contributed by atoms with Gasteiger partial charge in [0.1, 0.15) is 5.82 Å². The molecular weight excluding hydrogens is 300 g/mol. The minimum atomic E-state index is -3.45. The Labute approximate surface area is 127 Å². The number of pyridine rings is 1. The number of nitrogens with zero attached hydrogens (tertiary/aromatic N) is 3. The second-order valence-corrected chi connectivity index (χ2v) is 7.35. The first kappa shape index (κ1) is 13.3. The largest absolute Gasteiger partial charge is 0.343 e. The topological polar surface area (TPSA) is 79.0 Å². The van der Waals surface area contributed by atoms with E-state index >= 15 is 0 Å². The number of anilines is 2. The molecule has 0 spiro atoms. The number of benzene rings is 1. The zero-order valence-electron chi connectivity index (χ0n) is 11.7. The van der Waals surface area contributed by atoms with E-state index in [0.717, 1.165) is 5.52 Å². The van der Waals surface area contributed by atoms with Crippen molar-refractivity contribution < 1.29 is 8.42 Å². The van der Waals surface area contributed by atoms with Crippen LogP contribution in [-0.2, 0) is 10.0 Å². The highest BCUT2D eigenvalue weighted by Gasteiger charge is 2.41. The fraction of sp³-hybridized carbons (Fsp3) is 0.200. The van der Waals surface area contributed by atoms with Gasteiger partial charge in [-0.15, -0.1) is 0 Å². The standard InChI is InChI=1S/C15H14N4O2S/c20-22(21,12-6-7-12)19(11-4-2-1-3-5-11)14-9-8-13-15(18-14)17-10-16-13/h1-5,8-10,12H,6-7H2,(H,16,17,18). The first-order valence-electron chi connectivity index (χ1n) is 7.05. The molecule has 0 radical (unpaired) electrons. The number of imidazole rings is 1. The van der Waals surface area contributed by atoms with Crippen molar-refractivity contribution in [1.29, 1.82) is 0 Å². The number of hydrogen-bond donors (Lipinski definition) is 1. The number of fused-ring (bicyclic) bond motifs is 1. The van der Waals surface area contributed by atoms with Gasteiger partial charge in [-0.05, 0) is 37.1 Å². The summed E-state index contributed by atoms with van der Waals surface area (Å²) in [4.78, 5) is 11.5. The van der Waals surface area contributed by atoms with E-state index in [1.54, 1.807) is 30.6 Å². The maximum Gasteiger partial charge on any atom is 0.243 e. The van der Waals surface area contributed by atoms with Gasteiger partial charge in [-0.25, -0.2) is 22.7 Å². The Morgan fingerprint density at radius 1 is 1.09 bits per heavy atom. The summed E-state index contributed by atoms with van der Waals surface area (Å²) >= 11 is 0. The van der Waals surface area contributed by atoms with Gasteiger partial charge >= 0.3 is 0 Å². The molecule has 7 heteroatoms. The zero-order valence-corrected chi connectivity index (χ0v) is 12.5. The van der Waals surface area contributed by atoms with Crippen molar-refractivity contribution in [2.24, 2.45) is 0 Å². The predicted molar refractivity (Wildman–Crippen MR) is 84.4 cm³/mol. The molecule has 0 unspecified atom stereocenters. The van der Waals surface area contributed by atoms with Gasteiger partial charge in [0.05, 0.1) is 22.8 Å². The second-order valence-electron chi connectivity index (χ2n) is 5.29. The lowest BCUT2D eigenvalue weighted by Gasteiger charge is -2.23. The van der Waals surface area contributed by atoms with Crippen LogP contribution in [-0.4, -0.2) is 28.6 Å². The number of aromatic nitrogens is 3. The highest BCUT2D eigenvalue weighted by molar-refractivity contribution is 7.94. The van der Waals surface area contributed by atoms with Gasteiger partial charge in [0, 0.05) is 0 Å². The molecule has 1 saturated carbocycles. The van der Waals surface area contributed by atoms with Gasteiger partial charge in [0.2, 0.25) is 10.0 Å². The normalized spacial score (nSPS) is 15.1. The first-order chi connectivity index (χ1) is 10.7. The molecule has 0 aliphatic heterocycles. The van der Waals surface area contributed by atoms with Crippen LogP contribution in [0.4, 0.5) is 11.5 Å². The number of nitrogens with one attached hydrogen (secondary N) is 1. The molecule has 0 atom stereocenters. The molecule has 3 aromatic rings. The first-order valence-corrected chi connectivity index (χ1v) is 8.56. The SMILES string of the molecule is O=S(=O)(C1CC1)N(c1ccccc1)c1ccc2[nH]cnc2n1. The summed E-state index contributed by atoms with van der Waals surface area (Å²) in [5, 5.41) is -0.315. The molecule has 0 saturated heterocycles. The van der Waals surface area contributed by atoms with Crippen molar-refractivity contribution in [2.45, 2.75) is 18.1 Å². The van der Waals surface area contributed by atoms with E-state index in [9.17, 15) is 8.42 Å². The highest BCUT2D eigenvalue weighted by Crippen LogP contribution is 2.37. The monoisotopic (exact) mass is 314 g/mol. The van der Waals surface area contributed by atoms with E-state index < -0.39 is 10.0 Å². The summed E-state index contributed by atoms with van der Waals surface area (Å²) in [5.41, 5.74) is 1.88. The van der Waals surface area contributed by atoms with Gasteiger partial charge < -0.3 is 4.98 Å². The summed E-state index contributed by atoms with van der Waals surface area (Å²) < 4.78 is 27.0. The maximum atomic E-state index is 12.8. The van der Waals surface area contributed by atoms with Crippen molar-refractivity contribution in [1.82, 2.24) is 15.0 Å². The van der Waals surface area contributed by atoms with E-state index in [4.69, 9.17) is 0 Å². The molecule has 4 rings (SSSR count). The Kier molecular flexibility index (Phi) is 2.90. The van der Waals surface area contributed by atoms with E-state index in [0.29, 0.717) is 30.0 Å². The van der Waals surface area contributed by atoms with Gasteiger partial charge in [-0.1, -0.05) is 18.2 Å². The van der Waals surface area contributed by atoms with Gasteiger partial charge in [0.15, 0.2) is 5.65 Å². The molecule has 2 heterocycles. The zero-order chi connectivity index (χ0) is 15.2. The van der Waals surface area contributed by atoms with Crippen molar-refractivity contribution >= 4 is 32.7 Å². The van der Waals surface area contributed by atoms with Crippen molar-refractivity contribution in [3.05, 3.63) is 48.8 Å². The molecule has 2 aromatic heterocycles.